The number of carboxylic acids is 1. The minimum Gasteiger partial charge on any atom is -0.478 e. The van der Waals surface area contributed by atoms with E-state index in [1.807, 2.05) is 23.1 Å². The Morgan fingerprint density at radius 3 is 2.17 bits per heavy atom. The molecule has 5 heteroatoms. The highest BCUT2D eigenvalue weighted by atomic mass is 16.4. The summed E-state index contributed by atoms with van der Waals surface area (Å²) in [5, 5.41) is 9.33. The Bertz CT molecular complexity index is 631. The highest BCUT2D eigenvalue weighted by Gasteiger charge is 2.28. The largest absolute Gasteiger partial charge is 0.478 e. The number of aliphatic carboxylic acids is 1. The Kier molecular flexibility index (Phi) is 5.30. The standard InChI is InChI=1S/C19H24N2O3/c22-18(16-8-4-5-9-17(16)19(23)24)21-12-10-20(11-13-21)14-15-6-2-1-3-7-15/h1-3,6-7H,4-5,8-14H2,(H,23,24). The van der Waals surface area contributed by atoms with Crippen LogP contribution in [0.1, 0.15) is 31.2 Å². The molecule has 3 rings (SSSR count). The fourth-order valence-electron chi connectivity index (χ4n) is 3.52. The molecule has 24 heavy (non-hydrogen) atoms. The van der Waals surface area contributed by atoms with Gasteiger partial charge in [0.2, 0.25) is 5.91 Å². The van der Waals surface area contributed by atoms with Crippen LogP contribution < -0.4 is 0 Å². The lowest BCUT2D eigenvalue weighted by Crippen LogP contribution is -2.49. The van der Waals surface area contributed by atoms with Crippen molar-refractivity contribution in [3.05, 3.63) is 47.0 Å². The Balaban J connectivity index is 1.60. The number of rotatable bonds is 4. The molecule has 1 fully saturated rings. The molecule has 1 aromatic rings. The van der Waals surface area contributed by atoms with Crippen LogP contribution in [0.3, 0.4) is 0 Å². The molecule has 0 atom stereocenters. The van der Waals surface area contributed by atoms with Crippen molar-refractivity contribution in [1.29, 1.82) is 0 Å². The van der Waals surface area contributed by atoms with E-state index in [1.54, 1.807) is 0 Å². The normalized spacial score (nSPS) is 19.4. The van der Waals surface area contributed by atoms with Crippen LogP contribution in [-0.4, -0.2) is 53.0 Å². The van der Waals surface area contributed by atoms with Gasteiger partial charge in [0.1, 0.15) is 0 Å². The summed E-state index contributed by atoms with van der Waals surface area (Å²) >= 11 is 0. The van der Waals surface area contributed by atoms with E-state index in [0.717, 1.165) is 32.5 Å². The van der Waals surface area contributed by atoms with Crippen molar-refractivity contribution in [2.24, 2.45) is 0 Å². The van der Waals surface area contributed by atoms with Crippen LogP contribution in [0, 0.1) is 0 Å². The van der Waals surface area contributed by atoms with Crippen molar-refractivity contribution in [3.8, 4) is 0 Å². The quantitative estimate of drug-likeness (QED) is 0.921. The predicted octanol–water partition coefficient (Wildman–Crippen LogP) is 2.29. The summed E-state index contributed by atoms with van der Waals surface area (Å²) in [6, 6.07) is 10.3. The molecular weight excluding hydrogens is 304 g/mol. The van der Waals surface area contributed by atoms with Gasteiger partial charge in [-0.3, -0.25) is 9.69 Å². The van der Waals surface area contributed by atoms with Gasteiger partial charge < -0.3 is 10.0 Å². The Labute approximate surface area is 142 Å². The fourth-order valence-corrected chi connectivity index (χ4v) is 3.52. The molecule has 1 amide bonds. The molecular formula is C19H24N2O3. The molecule has 1 aliphatic heterocycles. The smallest absolute Gasteiger partial charge is 0.332 e. The van der Waals surface area contributed by atoms with Crippen molar-refractivity contribution in [2.75, 3.05) is 26.2 Å². The molecule has 0 saturated carbocycles. The van der Waals surface area contributed by atoms with Gasteiger partial charge in [0.25, 0.3) is 0 Å². The summed E-state index contributed by atoms with van der Waals surface area (Å²) in [5.41, 5.74) is 2.14. The molecule has 0 radical (unpaired) electrons. The molecule has 0 spiro atoms. The highest BCUT2D eigenvalue weighted by molar-refractivity contribution is 6.02. The topological polar surface area (TPSA) is 60.9 Å². The molecule has 5 nitrogen and oxygen atoms in total. The predicted molar refractivity (Wildman–Crippen MR) is 91.4 cm³/mol. The molecule has 1 aromatic carbocycles. The van der Waals surface area contributed by atoms with E-state index >= 15 is 0 Å². The molecule has 0 aromatic heterocycles. The highest BCUT2D eigenvalue weighted by Crippen LogP contribution is 2.27. The molecule has 1 N–H and O–H groups in total. The second kappa shape index (κ2) is 7.62. The van der Waals surface area contributed by atoms with Gasteiger partial charge in [-0.2, -0.15) is 0 Å². The van der Waals surface area contributed by atoms with Crippen LogP contribution in [0.5, 0.6) is 0 Å². The van der Waals surface area contributed by atoms with Gasteiger partial charge in [0.05, 0.1) is 0 Å². The Morgan fingerprint density at radius 1 is 0.917 bits per heavy atom. The first-order valence-electron chi connectivity index (χ1n) is 8.66. The Morgan fingerprint density at radius 2 is 1.54 bits per heavy atom. The van der Waals surface area contributed by atoms with Gasteiger partial charge >= 0.3 is 5.97 Å². The third kappa shape index (κ3) is 3.85. The maximum absolute atomic E-state index is 12.7. The number of carbonyl (C=O) groups is 2. The number of carbonyl (C=O) groups excluding carboxylic acids is 1. The molecule has 0 unspecified atom stereocenters. The maximum Gasteiger partial charge on any atom is 0.332 e. The van der Waals surface area contributed by atoms with E-state index in [-0.39, 0.29) is 5.91 Å². The molecule has 2 aliphatic rings. The number of benzene rings is 1. The van der Waals surface area contributed by atoms with E-state index in [1.165, 1.54) is 5.56 Å². The van der Waals surface area contributed by atoms with E-state index in [0.29, 0.717) is 37.1 Å². The van der Waals surface area contributed by atoms with E-state index in [9.17, 15) is 14.7 Å². The third-order valence-corrected chi connectivity index (χ3v) is 4.89. The lowest BCUT2D eigenvalue weighted by atomic mass is 9.90. The number of piperazine rings is 1. The van der Waals surface area contributed by atoms with Gasteiger partial charge in [-0.1, -0.05) is 30.3 Å². The second-order valence-corrected chi connectivity index (χ2v) is 6.52. The lowest BCUT2D eigenvalue weighted by Gasteiger charge is -2.35. The van der Waals surface area contributed by atoms with Gasteiger partial charge in [0, 0.05) is 43.9 Å². The average Bonchev–Trinajstić information content (AvgIpc) is 2.62. The molecule has 1 aliphatic carbocycles. The monoisotopic (exact) mass is 328 g/mol. The van der Waals surface area contributed by atoms with E-state index < -0.39 is 5.97 Å². The number of nitrogens with zero attached hydrogens (tertiary/aromatic N) is 2. The molecule has 0 bridgehead atoms. The van der Waals surface area contributed by atoms with Crippen molar-refractivity contribution in [1.82, 2.24) is 9.80 Å². The second-order valence-electron chi connectivity index (χ2n) is 6.52. The number of carboxylic acid groups (broad SMARTS) is 1. The van der Waals surface area contributed by atoms with Crippen LogP contribution in [-0.2, 0) is 16.1 Å². The van der Waals surface area contributed by atoms with Crippen molar-refractivity contribution in [3.63, 3.8) is 0 Å². The molecule has 1 heterocycles. The summed E-state index contributed by atoms with van der Waals surface area (Å²) in [6.07, 6.45) is 2.89. The first kappa shape index (κ1) is 16.7. The van der Waals surface area contributed by atoms with E-state index in [2.05, 4.69) is 17.0 Å². The maximum atomic E-state index is 12.7. The minimum atomic E-state index is -0.930. The number of hydrogen-bond acceptors (Lipinski definition) is 3. The SMILES string of the molecule is O=C(O)C1=C(C(=O)N2CCN(Cc3ccccc3)CC2)CCCC1. The van der Waals surface area contributed by atoms with Gasteiger partial charge in [-0.25, -0.2) is 4.79 Å². The third-order valence-electron chi connectivity index (χ3n) is 4.89. The van der Waals surface area contributed by atoms with Gasteiger partial charge in [-0.15, -0.1) is 0 Å². The minimum absolute atomic E-state index is 0.0635. The van der Waals surface area contributed by atoms with Crippen LogP contribution >= 0.6 is 0 Å². The van der Waals surface area contributed by atoms with Crippen LogP contribution in [0.4, 0.5) is 0 Å². The summed E-state index contributed by atoms with van der Waals surface area (Å²) in [7, 11) is 0. The molecule has 1 saturated heterocycles. The van der Waals surface area contributed by atoms with Crippen LogP contribution in [0.15, 0.2) is 41.5 Å². The van der Waals surface area contributed by atoms with Crippen molar-refractivity contribution >= 4 is 11.9 Å². The Hall–Kier alpha value is -2.14. The van der Waals surface area contributed by atoms with Crippen LogP contribution in [0.2, 0.25) is 0 Å². The number of amides is 1. The van der Waals surface area contributed by atoms with Gasteiger partial charge in [-0.05, 0) is 31.2 Å². The zero-order chi connectivity index (χ0) is 16.9. The zero-order valence-corrected chi connectivity index (χ0v) is 13.9. The fraction of sp³-hybridized carbons (Fsp3) is 0.474. The van der Waals surface area contributed by atoms with Crippen LogP contribution in [0.25, 0.3) is 0 Å². The van der Waals surface area contributed by atoms with Crippen molar-refractivity contribution < 1.29 is 14.7 Å². The molecule has 128 valence electrons. The summed E-state index contributed by atoms with van der Waals surface area (Å²) in [6.45, 7) is 3.89. The summed E-state index contributed by atoms with van der Waals surface area (Å²) in [5.74, 6) is -0.993. The lowest BCUT2D eigenvalue weighted by molar-refractivity contribution is -0.134. The summed E-state index contributed by atoms with van der Waals surface area (Å²) < 4.78 is 0. The van der Waals surface area contributed by atoms with Crippen molar-refractivity contribution in [2.45, 2.75) is 32.2 Å². The van der Waals surface area contributed by atoms with Gasteiger partial charge in [0.15, 0.2) is 0 Å². The summed E-state index contributed by atoms with van der Waals surface area (Å²) in [4.78, 5) is 28.3. The average molecular weight is 328 g/mol. The van der Waals surface area contributed by atoms with E-state index in [4.69, 9.17) is 0 Å². The first-order chi connectivity index (χ1) is 11.6. The zero-order valence-electron chi connectivity index (χ0n) is 13.9. The number of hydrogen-bond donors (Lipinski definition) is 1. The first-order valence-corrected chi connectivity index (χ1v) is 8.66.